The Kier molecular flexibility index (Phi) is 5.02. The van der Waals surface area contributed by atoms with E-state index in [0.717, 1.165) is 15.2 Å². The second-order valence-electron chi connectivity index (χ2n) is 6.59. The summed E-state index contributed by atoms with van der Waals surface area (Å²) >= 11 is 4.48. The van der Waals surface area contributed by atoms with Crippen LogP contribution in [-0.2, 0) is 10.0 Å². The van der Waals surface area contributed by atoms with Gasteiger partial charge in [0.25, 0.3) is 15.9 Å². The van der Waals surface area contributed by atoms with E-state index < -0.39 is 10.0 Å². The van der Waals surface area contributed by atoms with E-state index in [-0.39, 0.29) is 19.0 Å². The minimum absolute atomic E-state index is 0.177. The number of thiophene rings is 1. The van der Waals surface area contributed by atoms with Crippen molar-refractivity contribution >= 4 is 48.8 Å². The van der Waals surface area contributed by atoms with Gasteiger partial charge in [-0.05, 0) is 48.0 Å². The van der Waals surface area contributed by atoms with Crippen LogP contribution >= 0.6 is 27.3 Å². The number of piperazine rings is 1. The van der Waals surface area contributed by atoms with Gasteiger partial charge in [-0.2, -0.15) is 9.40 Å². The van der Waals surface area contributed by atoms with Gasteiger partial charge in [-0.3, -0.25) is 4.79 Å². The highest BCUT2D eigenvalue weighted by molar-refractivity contribution is 9.11. The molecule has 0 bridgehead atoms. The fourth-order valence-electron chi connectivity index (χ4n) is 3.29. The highest BCUT2D eigenvalue weighted by Crippen LogP contribution is 2.29. The number of halogens is 1. The third-order valence-corrected chi connectivity index (χ3v) is 8.67. The molecule has 3 aromatic heterocycles. The van der Waals surface area contributed by atoms with Gasteiger partial charge in [0.15, 0.2) is 5.65 Å². The third-order valence-electron chi connectivity index (χ3n) is 4.68. The van der Waals surface area contributed by atoms with Crippen LogP contribution in [0.1, 0.15) is 21.7 Å². The fraction of sp³-hybridized carbons (Fsp3) is 0.353. The van der Waals surface area contributed by atoms with Crippen molar-refractivity contribution < 1.29 is 13.2 Å². The van der Waals surface area contributed by atoms with Gasteiger partial charge in [-0.15, -0.1) is 11.3 Å². The van der Waals surface area contributed by atoms with Crippen LogP contribution in [0.25, 0.3) is 5.65 Å². The lowest BCUT2D eigenvalue weighted by molar-refractivity contribution is 0.0699. The first-order chi connectivity index (χ1) is 13.3. The van der Waals surface area contributed by atoms with E-state index >= 15 is 0 Å². The van der Waals surface area contributed by atoms with Crippen molar-refractivity contribution in [2.24, 2.45) is 0 Å². The summed E-state index contributed by atoms with van der Waals surface area (Å²) in [5.74, 6) is -0.177. The van der Waals surface area contributed by atoms with Crippen LogP contribution < -0.4 is 0 Å². The molecule has 0 aromatic carbocycles. The topological polar surface area (TPSA) is 87.9 Å². The zero-order valence-electron chi connectivity index (χ0n) is 15.3. The predicted molar refractivity (Wildman–Crippen MR) is 109 cm³/mol. The summed E-state index contributed by atoms with van der Waals surface area (Å²) < 4.78 is 29.6. The molecule has 0 aliphatic carbocycles. The lowest BCUT2D eigenvalue weighted by Gasteiger charge is -2.33. The average molecular weight is 484 g/mol. The maximum Gasteiger partial charge on any atom is 0.259 e. The van der Waals surface area contributed by atoms with Crippen LogP contribution in [0.2, 0.25) is 0 Å². The van der Waals surface area contributed by atoms with Gasteiger partial charge in [0.2, 0.25) is 0 Å². The number of aromatic nitrogens is 3. The molecule has 0 radical (unpaired) electrons. The van der Waals surface area contributed by atoms with Crippen molar-refractivity contribution in [2.75, 3.05) is 26.2 Å². The molecule has 0 atom stereocenters. The van der Waals surface area contributed by atoms with Crippen molar-refractivity contribution in [2.45, 2.75) is 18.1 Å². The van der Waals surface area contributed by atoms with Crippen molar-refractivity contribution in [1.29, 1.82) is 0 Å². The Morgan fingerprint density at radius 2 is 1.89 bits per heavy atom. The standard InChI is InChI=1S/C17H18BrN5O3S2/c1-11-9-12(2)23-16(20-11)13(10-19-23)17(24)21-5-7-22(8-6-21)28(25,26)15-4-3-14(18)27-15/h3-4,9-10H,5-8H2,1-2H3. The number of aryl methyl sites for hydroxylation is 2. The van der Waals surface area contributed by atoms with E-state index in [4.69, 9.17) is 0 Å². The van der Waals surface area contributed by atoms with Crippen LogP contribution in [0.5, 0.6) is 0 Å². The molecule has 0 saturated carbocycles. The fourth-order valence-corrected chi connectivity index (χ4v) is 6.87. The maximum absolute atomic E-state index is 13.0. The minimum atomic E-state index is -3.53. The van der Waals surface area contributed by atoms with Gasteiger partial charge < -0.3 is 4.90 Å². The summed E-state index contributed by atoms with van der Waals surface area (Å²) in [4.78, 5) is 19.1. The number of rotatable bonds is 3. The Balaban J connectivity index is 1.52. The Hall–Kier alpha value is -1.82. The Morgan fingerprint density at radius 3 is 2.54 bits per heavy atom. The Bertz CT molecular complexity index is 1160. The number of hydrogen-bond acceptors (Lipinski definition) is 6. The number of carbonyl (C=O) groups excluding carboxylic acids is 1. The molecule has 4 heterocycles. The summed E-state index contributed by atoms with van der Waals surface area (Å²) in [6.45, 7) is 4.96. The van der Waals surface area contributed by atoms with Crippen LogP contribution in [-0.4, -0.2) is 64.3 Å². The Morgan fingerprint density at radius 1 is 1.18 bits per heavy atom. The second-order valence-corrected chi connectivity index (χ2v) is 11.2. The number of amides is 1. The SMILES string of the molecule is Cc1cc(C)n2ncc(C(=O)N3CCN(S(=O)(=O)c4ccc(Br)s4)CC3)c2n1. The summed E-state index contributed by atoms with van der Waals surface area (Å²) in [6.07, 6.45) is 1.53. The number of fused-ring (bicyclic) bond motifs is 1. The smallest absolute Gasteiger partial charge is 0.259 e. The third kappa shape index (κ3) is 3.36. The number of sulfonamides is 1. The molecule has 1 aliphatic rings. The van der Waals surface area contributed by atoms with E-state index in [2.05, 4.69) is 26.0 Å². The van der Waals surface area contributed by atoms with Gasteiger partial charge in [-0.25, -0.2) is 17.9 Å². The summed E-state index contributed by atoms with van der Waals surface area (Å²) in [7, 11) is -3.53. The first-order valence-corrected chi connectivity index (χ1v) is 11.7. The monoisotopic (exact) mass is 483 g/mol. The van der Waals surface area contributed by atoms with E-state index in [1.54, 1.807) is 21.5 Å². The first-order valence-electron chi connectivity index (χ1n) is 8.64. The van der Waals surface area contributed by atoms with Crippen molar-refractivity contribution in [3.63, 3.8) is 0 Å². The average Bonchev–Trinajstić information content (AvgIpc) is 3.28. The Labute approximate surface area is 175 Å². The lowest BCUT2D eigenvalue weighted by atomic mass is 10.2. The van der Waals surface area contributed by atoms with Gasteiger partial charge in [-0.1, -0.05) is 0 Å². The highest BCUT2D eigenvalue weighted by Gasteiger charge is 2.32. The van der Waals surface area contributed by atoms with E-state index in [1.807, 2.05) is 19.9 Å². The zero-order chi connectivity index (χ0) is 20.1. The van der Waals surface area contributed by atoms with Gasteiger partial charge >= 0.3 is 0 Å². The second kappa shape index (κ2) is 7.21. The zero-order valence-corrected chi connectivity index (χ0v) is 18.5. The van der Waals surface area contributed by atoms with Crippen molar-refractivity contribution in [3.05, 3.63) is 45.1 Å². The molecule has 0 N–H and O–H groups in total. The van der Waals surface area contributed by atoms with Gasteiger partial charge in [0, 0.05) is 37.6 Å². The number of nitrogens with zero attached hydrogens (tertiary/aromatic N) is 5. The van der Waals surface area contributed by atoms with Crippen LogP contribution in [0.4, 0.5) is 0 Å². The first kappa shape index (κ1) is 19.5. The summed E-state index contributed by atoms with van der Waals surface area (Å²) in [6, 6.07) is 5.22. The summed E-state index contributed by atoms with van der Waals surface area (Å²) in [5.41, 5.74) is 2.68. The lowest BCUT2D eigenvalue weighted by Crippen LogP contribution is -2.50. The number of carbonyl (C=O) groups is 1. The van der Waals surface area contributed by atoms with E-state index in [1.165, 1.54) is 21.8 Å². The van der Waals surface area contributed by atoms with Gasteiger partial charge in [0.1, 0.15) is 9.77 Å². The molecule has 28 heavy (non-hydrogen) atoms. The molecule has 148 valence electrons. The highest BCUT2D eigenvalue weighted by atomic mass is 79.9. The van der Waals surface area contributed by atoms with Crippen LogP contribution in [0.3, 0.4) is 0 Å². The van der Waals surface area contributed by atoms with Crippen LogP contribution in [0.15, 0.2) is 32.4 Å². The largest absolute Gasteiger partial charge is 0.336 e. The molecule has 11 heteroatoms. The van der Waals surface area contributed by atoms with Gasteiger partial charge in [0.05, 0.1) is 9.98 Å². The molecular formula is C17H18BrN5O3S2. The maximum atomic E-state index is 13.0. The van der Waals surface area contributed by atoms with E-state index in [9.17, 15) is 13.2 Å². The molecule has 1 aliphatic heterocycles. The normalized spacial score (nSPS) is 16.0. The molecular weight excluding hydrogens is 466 g/mol. The van der Waals surface area contributed by atoms with Crippen LogP contribution in [0, 0.1) is 13.8 Å². The predicted octanol–water partition coefficient (Wildman–Crippen LogP) is 2.32. The molecule has 1 fully saturated rings. The molecule has 0 spiro atoms. The van der Waals surface area contributed by atoms with Crippen molar-refractivity contribution in [3.8, 4) is 0 Å². The molecule has 1 amide bonds. The molecule has 1 saturated heterocycles. The quantitative estimate of drug-likeness (QED) is 0.570. The summed E-state index contributed by atoms with van der Waals surface area (Å²) in [5, 5.41) is 4.27. The molecule has 3 aromatic rings. The number of hydrogen-bond donors (Lipinski definition) is 0. The molecule has 8 nitrogen and oxygen atoms in total. The van der Waals surface area contributed by atoms with E-state index in [0.29, 0.717) is 28.5 Å². The molecule has 0 unspecified atom stereocenters. The minimum Gasteiger partial charge on any atom is -0.336 e. The van der Waals surface area contributed by atoms with Crippen molar-refractivity contribution in [1.82, 2.24) is 23.8 Å². The molecule has 4 rings (SSSR count).